The Morgan fingerprint density at radius 2 is 1.86 bits per heavy atom. The molecule has 0 spiro atoms. The minimum absolute atomic E-state index is 0.0604. The molecule has 148 valence electrons. The molecule has 0 aliphatic rings. The zero-order valence-electron chi connectivity index (χ0n) is 15.1. The highest BCUT2D eigenvalue weighted by atomic mass is 35.5. The van der Waals surface area contributed by atoms with Crippen molar-refractivity contribution < 1.29 is 17.9 Å². The van der Waals surface area contributed by atoms with Crippen LogP contribution in [0.25, 0.3) is 22.4 Å². The number of aromatic nitrogens is 3. The molecular weight excluding hydrogens is 420 g/mol. The van der Waals surface area contributed by atoms with Crippen LogP contribution in [0.2, 0.25) is 5.02 Å². The number of fused-ring (bicyclic) bond motifs is 1. The second-order valence-corrected chi connectivity index (χ2v) is 7.38. The van der Waals surface area contributed by atoms with Crippen molar-refractivity contribution in [1.82, 2.24) is 15.2 Å². The number of nitrogens with zero attached hydrogens (tertiary/aromatic N) is 3. The van der Waals surface area contributed by atoms with Crippen LogP contribution in [0.3, 0.4) is 0 Å². The zero-order valence-corrected chi connectivity index (χ0v) is 16.7. The van der Waals surface area contributed by atoms with E-state index in [-0.39, 0.29) is 11.6 Å². The van der Waals surface area contributed by atoms with Gasteiger partial charge in [-0.05, 0) is 42.8 Å². The van der Waals surface area contributed by atoms with Crippen LogP contribution in [-0.2, 0) is 5.75 Å². The van der Waals surface area contributed by atoms with E-state index in [1.807, 2.05) is 31.2 Å². The average molecular weight is 434 g/mol. The van der Waals surface area contributed by atoms with Crippen LogP contribution in [0, 0.1) is 6.92 Å². The quantitative estimate of drug-likeness (QED) is 0.340. The average Bonchev–Trinajstić information content (AvgIpc) is 3.19. The first kappa shape index (κ1) is 19.6. The van der Waals surface area contributed by atoms with Gasteiger partial charge in [-0.2, -0.15) is 8.78 Å². The molecule has 9 heteroatoms. The maximum atomic E-state index is 12.2. The number of hydrogen-bond acceptors (Lipinski definition) is 6. The van der Waals surface area contributed by atoms with Gasteiger partial charge in [-0.25, -0.2) is 0 Å². The molecule has 0 radical (unpaired) electrons. The van der Waals surface area contributed by atoms with Gasteiger partial charge in [-0.1, -0.05) is 41.6 Å². The van der Waals surface area contributed by atoms with Crippen molar-refractivity contribution in [2.45, 2.75) is 24.5 Å². The second kappa shape index (κ2) is 8.34. The van der Waals surface area contributed by atoms with Crippen LogP contribution in [-0.4, -0.2) is 21.8 Å². The van der Waals surface area contributed by atoms with E-state index < -0.39 is 6.61 Å². The fourth-order valence-electron chi connectivity index (χ4n) is 2.81. The zero-order chi connectivity index (χ0) is 20.4. The van der Waals surface area contributed by atoms with E-state index in [9.17, 15) is 8.78 Å². The Kier molecular flexibility index (Phi) is 5.64. The highest BCUT2D eigenvalue weighted by molar-refractivity contribution is 7.98. The van der Waals surface area contributed by atoms with E-state index in [1.54, 1.807) is 12.1 Å². The molecule has 0 amide bonds. The monoisotopic (exact) mass is 433 g/mol. The third-order valence-corrected chi connectivity index (χ3v) is 5.54. The number of benzene rings is 2. The Bertz CT molecular complexity index is 1150. The van der Waals surface area contributed by atoms with Crippen molar-refractivity contribution in [1.29, 1.82) is 0 Å². The van der Waals surface area contributed by atoms with Gasteiger partial charge in [0.05, 0.1) is 16.2 Å². The lowest BCUT2D eigenvalue weighted by atomic mass is 10.1. The normalized spacial score (nSPS) is 11.3. The van der Waals surface area contributed by atoms with Crippen LogP contribution >= 0.6 is 23.4 Å². The molecule has 0 unspecified atom stereocenters. The number of rotatable bonds is 6. The van der Waals surface area contributed by atoms with E-state index in [2.05, 4.69) is 19.9 Å². The Morgan fingerprint density at radius 1 is 1.10 bits per heavy atom. The Balaban J connectivity index is 1.49. The maximum Gasteiger partial charge on any atom is 0.387 e. The van der Waals surface area contributed by atoms with Crippen LogP contribution in [0.5, 0.6) is 5.75 Å². The summed E-state index contributed by atoms with van der Waals surface area (Å²) in [5, 5.41) is 10.0. The lowest BCUT2D eigenvalue weighted by Crippen LogP contribution is -2.01. The molecule has 0 fully saturated rings. The fraction of sp³-hybridized carbons (Fsp3) is 0.150. The molecule has 2 heterocycles. The topological polar surface area (TPSA) is 61.0 Å². The first-order chi connectivity index (χ1) is 14.0. The number of hydrogen-bond donors (Lipinski definition) is 0. The predicted octanol–water partition coefficient (Wildman–Crippen LogP) is 6.14. The van der Waals surface area contributed by atoms with Gasteiger partial charge in [-0.15, -0.1) is 10.2 Å². The molecule has 0 aliphatic heterocycles. The van der Waals surface area contributed by atoms with Gasteiger partial charge in [0.1, 0.15) is 5.75 Å². The van der Waals surface area contributed by atoms with Crippen molar-refractivity contribution in [3.8, 4) is 17.2 Å². The SMILES string of the molecule is Cc1c(Cl)c(CSc2nnc(-c3ccc(OC(F)F)cc3)o2)nc2ccccc12. The number of ether oxygens (including phenoxy) is 1. The van der Waals surface area contributed by atoms with Crippen LogP contribution in [0.15, 0.2) is 58.2 Å². The molecule has 0 saturated carbocycles. The molecule has 0 N–H and O–H groups in total. The molecular formula is C20H14ClF2N3O2S. The number of para-hydroxylation sites is 1. The van der Waals surface area contributed by atoms with E-state index in [0.717, 1.165) is 22.2 Å². The molecule has 0 atom stereocenters. The minimum Gasteiger partial charge on any atom is -0.435 e. The minimum atomic E-state index is -2.87. The third kappa shape index (κ3) is 4.33. The summed E-state index contributed by atoms with van der Waals surface area (Å²) in [6.07, 6.45) is 0. The van der Waals surface area contributed by atoms with Gasteiger partial charge < -0.3 is 9.15 Å². The molecule has 0 saturated heterocycles. The smallest absolute Gasteiger partial charge is 0.387 e. The summed E-state index contributed by atoms with van der Waals surface area (Å²) in [6.45, 7) is -0.904. The van der Waals surface area contributed by atoms with Crippen molar-refractivity contribution in [2.75, 3.05) is 0 Å². The summed E-state index contributed by atoms with van der Waals surface area (Å²) >= 11 is 7.80. The molecule has 5 nitrogen and oxygen atoms in total. The predicted molar refractivity (Wildman–Crippen MR) is 107 cm³/mol. The number of aryl methyl sites for hydroxylation is 1. The number of alkyl halides is 2. The highest BCUT2D eigenvalue weighted by Crippen LogP contribution is 2.32. The Labute approximate surface area is 174 Å². The summed E-state index contributed by atoms with van der Waals surface area (Å²) in [7, 11) is 0. The summed E-state index contributed by atoms with van der Waals surface area (Å²) in [5.41, 5.74) is 3.19. The van der Waals surface area contributed by atoms with Gasteiger partial charge in [0.2, 0.25) is 5.89 Å². The molecule has 2 aromatic heterocycles. The molecule has 4 aromatic rings. The van der Waals surface area contributed by atoms with E-state index >= 15 is 0 Å². The largest absolute Gasteiger partial charge is 0.435 e. The van der Waals surface area contributed by atoms with Gasteiger partial charge in [0.25, 0.3) is 5.22 Å². The van der Waals surface area contributed by atoms with E-state index in [0.29, 0.717) is 21.6 Å². The van der Waals surface area contributed by atoms with Gasteiger partial charge >= 0.3 is 6.61 Å². The van der Waals surface area contributed by atoms with Gasteiger partial charge in [-0.3, -0.25) is 4.98 Å². The Morgan fingerprint density at radius 3 is 2.62 bits per heavy atom. The van der Waals surface area contributed by atoms with Crippen molar-refractivity contribution in [3.05, 3.63) is 64.8 Å². The lowest BCUT2D eigenvalue weighted by molar-refractivity contribution is -0.0498. The van der Waals surface area contributed by atoms with Crippen molar-refractivity contribution >= 4 is 34.3 Å². The second-order valence-electron chi connectivity index (χ2n) is 6.08. The molecule has 0 aliphatic carbocycles. The Hall–Kier alpha value is -2.71. The molecule has 29 heavy (non-hydrogen) atoms. The van der Waals surface area contributed by atoms with Crippen LogP contribution in [0.4, 0.5) is 8.78 Å². The lowest BCUT2D eigenvalue weighted by Gasteiger charge is -2.08. The van der Waals surface area contributed by atoms with Gasteiger partial charge in [0, 0.05) is 16.7 Å². The first-order valence-corrected chi connectivity index (χ1v) is 9.93. The highest BCUT2D eigenvalue weighted by Gasteiger charge is 2.14. The first-order valence-electron chi connectivity index (χ1n) is 8.56. The van der Waals surface area contributed by atoms with E-state index in [4.69, 9.17) is 16.0 Å². The van der Waals surface area contributed by atoms with E-state index in [1.165, 1.54) is 23.9 Å². The number of thioether (sulfide) groups is 1. The summed E-state index contributed by atoms with van der Waals surface area (Å²) in [5.74, 6) is 0.808. The molecule has 0 bridgehead atoms. The standard InChI is InChI=1S/C20H14ClF2N3O2S/c1-11-14-4-2-3-5-15(14)24-16(17(11)21)10-29-20-26-25-18(28-20)12-6-8-13(9-7-12)27-19(22)23/h2-9,19H,10H2,1H3. The van der Waals surface area contributed by atoms with Gasteiger partial charge in [0.15, 0.2) is 0 Å². The molecule has 4 rings (SSSR count). The summed E-state index contributed by atoms with van der Waals surface area (Å²) < 4.78 is 34.4. The molecule has 2 aromatic carbocycles. The third-order valence-electron chi connectivity index (χ3n) is 4.21. The fourth-order valence-corrected chi connectivity index (χ4v) is 3.80. The number of pyridine rings is 1. The number of halogens is 3. The van der Waals surface area contributed by atoms with Crippen molar-refractivity contribution in [2.24, 2.45) is 0 Å². The van der Waals surface area contributed by atoms with Crippen LogP contribution < -0.4 is 4.74 Å². The maximum absolute atomic E-state index is 12.2. The van der Waals surface area contributed by atoms with Crippen LogP contribution in [0.1, 0.15) is 11.3 Å². The summed E-state index contributed by atoms with van der Waals surface area (Å²) in [4.78, 5) is 4.63. The van der Waals surface area contributed by atoms with Crippen molar-refractivity contribution in [3.63, 3.8) is 0 Å². The summed E-state index contributed by atoms with van der Waals surface area (Å²) in [6, 6.07) is 13.8.